The summed E-state index contributed by atoms with van der Waals surface area (Å²) in [6, 6.07) is 9.17. The number of carbonyl (C=O) groups excluding carboxylic acids is 1. The standard InChI is InChI=1S/C21H27N3O7S2/c1-22(2)33(28,29)17-7-8-18-15(12-17)10-11-23(18)21(25)14-24(32(5,26)27)16-6-9-19(30-3)20(13-16)31-4/h6-9,12-13H,10-11,14H2,1-5H3. The van der Waals surface area contributed by atoms with Gasteiger partial charge in [-0.25, -0.2) is 21.1 Å². The molecule has 0 aromatic heterocycles. The maximum absolute atomic E-state index is 13.1. The molecule has 1 heterocycles. The summed E-state index contributed by atoms with van der Waals surface area (Å²) in [7, 11) is -1.60. The minimum atomic E-state index is -3.80. The van der Waals surface area contributed by atoms with Crippen LogP contribution in [0, 0.1) is 0 Å². The molecule has 0 radical (unpaired) electrons. The molecule has 0 saturated heterocycles. The number of nitrogens with zero attached hydrogens (tertiary/aromatic N) is 3. The van der Waals surface area contributed by atoms with Gasteiger partial charge in [-0.05, 0) is 42.3 Å². The van der Waals surface area contributed by atoms with Crippen LogP contribution in [-0.4, -0.2) is 74.7 Å². The Morgan fingerprint density at radius 3 is 2.24 bits per heavy atom. The van der Waals surface area contributed by atoms with Crippen molar-refractivity contribution in [2.45, 2.75) is 11.3 Å². The number of sulfonamides is 2. The van der Waals surface area contributed by atoms with Crippen LogP contribution in [0.2, 0.25) is 0 Å². The van der Waals surface area contributed by atoms with E-state index in [0.717, 1.165) is 14.9 Å². The van der Waals surface area contributed by atoms with Crippen molar-refractivity contribution in [3.63, 3.8) is 0 Å². The fourth-order valence-electron chi connectivity index (χ4n) is 3.60. The second-order valence-electron chi connectivity index (χ2n) is 7.68. The lowest BCUT2D eigenvalue weighted by atomic mass is 10.2. The number of hydrogen-bond donors (Lipinski definition) is 0. The molecule has 0 aliphatic carbocycles. The summed E-state index contributed by atoms with van der Waals surface area (Å²) in [6.45, 7) is -0.103. The zero-order chi connectivity index (χ0) is 24.6. The van der Waals surface area contributed by atoms with Crippen LogP contribution < -0.4 is 18.7 Å². The fraction of sp³-hybridized carbons (Fsp3) is 0.381. The van der Waals surface area contributed by atoms with Gasteiger partial charge in [-0.2, -0.15) is 0 Å². The summed E-state index contributed by atoms with van der Waals surface area (Å²) in [5.41, 5.74) is 1.54. The Balaban J connectivity index is 1.90. The number of ether oxygens (including phenoxy) is 2. The normalized spacial score (nSPS) is 13.7. The Hall–Kier alpha value is -2.83. The fourth-order valence-corrected chi connectivity index (χ4v) is 5.39. The van der Waals surface area contributed by atoms with E-state index in [9.17, 15) is 21.6 Å². The summed E-state index contributed by atoms with van der Waals surface area (Å²) >= 11 is 0. The van der Waals surface area contributed by atoms with E-state index in [4.69, 9.17) is 9.47 Å². The quantitative estimate of drug-likeness (QED) is 0.540. The van der Waals surface area contributed by atoms with E-state index in [1.165, 1.54) is 51.4 Å². The van der Waals surface area contributed by atoms with Crippen LogP contribution in [0.15, 0.2) is 41.3 Å². The molecule has 12 heteroatoms. The first-order valence-corrected chi connectivity index (χ1v) is 13.2. The first-order valence-electron chi connectivity index (χ1n) is 9.95. The van der Waals surface area contributed by atoms with Gasteiger partial charge in [0.2, 0.25) is 26.0 Å². The van der Waals surface area contributed by atoms with Crippen LogP contribution in [0.4, 0.5) is 11.4 Å². The molecule has 0 atom stereocenters. The molecule has 2 aromatic rings. The van der Waals surface area contributed by atoms with Crippen LogP contribution in [0.25, 0.3) is 0 Å². The zero-order valence-corrected chi connectivity index (χ0v) is 20.7. The Kier molecular flexibility index (Phi) is 6.91. The van der Waals surface area contributed by atoms with Gasteiger partial charge >= 0.3 is 0 Å². The van der Waals surface area contributed by atoms with Crippen LogP contribution in [0.1, 0.15) is 5.56 Å². The molecule has 0 bridgehead atoms. The van der Waals surface area contributed by atoms with E-state index in [2.05, 4.69) is 0 Å². The van der Waals surface area contributed by atoms with Gasteiger partial charge in [-0.15, -0.1) is 0 Å². The highest BCUT2D eigenvalue weighted by Gasteiger charge is 2.30. The van der Waals surface area contributed by atoms with E-state index in [1.54, 1.807) is 18.2 Å². The average molecular weight is 498 g/mol. The van der Waals surface area contributed by atoms with Crippen molar-refractivity contribution < 1.29 is 31.1 Å². The minimum absolute atomic E-state index is 0.142. The zero-order valence-electron chi connectivity index (χ0n) is 19.1. The molecule has 0 N–H and O–H groups in total. The highest BCUT2D eigenvalue weighted by atomic mass is 32.2. The molecule has 33 heavy (non-hydrogen) atoms. The largest absolute Gasteiger partial charge is 0.493 e. The van der Waals surface area contributed by atoms with Crippen molar-refractivity contribution >= 4 is 37.3 Å². The van der Waals surface area contributed by atoms with E-state index in [-0.39, 0.29) is 10.6 Å². The molecule has 0 spiro atoms. The van der Waals surface area contributed by atoms with Crippen molar-refractivity contribution in [1.29, 1.82) is 0 Å². The number of fused-ring (bicyclic) bond motifs is 1. The molecular formula is C21H27N3O7S2. The molecule has 180 valence electrons. The monoisotopic (exact) mass is 497 g/mol. The van der Waals surface area contributed by atoms with E-state index in [0.29, 0.717) is 35.7 Å². The third-order valence-electron chi connectivity index (χ3n) is 5.36. The molecule has 1 aliphatic rings. The summed E-state index contributed by atoms with van der Waals surface area (Å²) < 4.78 is 62.4. The van der Waals surface area contributed by atoms with E-state index in [1.807, 2.05) is 0 Å². The van der Waals surface area contributed by atoms with Crippen molar-refractivity contribution in [3.8, 4) is 11.5 Å². The van der Waals surface area contributed by atoms with Gasteiger partial charge in [-0.1, -0.05) is 0 Å². The van der Waals surface area contributed by atoms with Crippen molar-refractivity contribution in [1.82, 2.24) is 4.31 Å². The number of benzene rings is 2. The molecule has 1 aliphatic heterocycles. The van der Waals surface area contributed by atoms with E-state index >= 15 is 0 Å². The number of anilines is 2. The lowest BCUT2D eigenvalue weighted by Gasteiger charge is -2.26. The molecule has 3 rings (SSSR count). The maximum Gasteiger partial charge on any atom is 0.247 e. The third kappa shape index (κ3) is 4.92. The van der Waals surface area contributed by atoms with Gasteiger partial charge in [0.1, 0.15) is 6.54 Å². The Morgan fingerprint density at radius 1 is 1.00 bits per heavy atom. The van der Waals surface area contributed by atoms with Crippen molar-refractivity contribution in [3.05, 3.63) is 42.0 Å². The van der Waals surface area contributed by atoms with Crippen LogP contribution in [-0.2, 0) is 31.3 Å². The van der Waals surface area contributed by atoms with Gasteiger partial charge in [0.15, 0.2) is 11.5 Å². The first-order chi connectivity index (χ1) is 15.4. The van der Waals surface area contributed by atoms with E-state index < -0.39 is 32.5 Å². The second-order valence-corrected chi connectivity index (χ2v) is 11.7. The molecule has 0 fully saturated rings. The average Bonchev–Trinajstić information content (AvgIpc) is 3.19. The van der Waals surface area contributed by atoms with Gasteiger partial charge in [0, 0.05) is 32.4 Å². The van der Waals surface area contributed by atoms with Crippen molar-refractivity contribution in [2.24, 2.45) is 0 Å². The Morgan fingerprint density at radius 2 is 1.67 bits per heavy atom. The second kappa shape index (κ2) is 9.20. The smallest absolute Gasteiger partial charge is 0.247 e. The van der Waals surface area contributed by atoms with Crippen LogP contribution in [0.5, 0.6) is 11.5 Å². The molecule has 1 amide bonds. The molecule has 0 unspecified atom stereocenters. The molecule has 0 saturated carbocycles. The van der Waals surface area contributed by atoms with Gasteiger partial charge < -0.3 is 14.4 Å². The topological polar surface area (TPSA) is 114 Å². The molecule has 2 aromatic carbocycles. The van der Waals surface area contributed by atoms with Gasteiger partial charge in [0.25, 0.3) is 0 Å². The predicted molar refractivity (Wildman–Crippen MR) is 125 cm³/mol. The minimum Gasteiger partial charge on any atom is -0.493 e. The van der Waals surface area contributed by atoms with Crippen LogP contribution >= 0.6 is 0 Å². The number of hydrogen-bond acceptors (Lipinski definition) is 7. The highest BCUT2D eigenvalue weighted by Crippen LogP contribution is 2.34. The SMILES string of the molecule is COc1ccc(N(CC(=O)N2CCc3cc(S(=O)(=O)N(C)C)ccc32)S(C)(=O)=O)cc1OC. The number of methoxy groups -OCH3 is 2. The lowest BCUT2D eigenvalue weighted by molar-refractivity contribution is -0.117. The number of amides is 1. The summed E-state index contributed by atoms with van der Waals surface area (Å²) in [5, 5.41) is 0. The highest BCUT2D eigenvalue weighted by molar-refractivity contribution is 7.92. The predicted octanol–water partition coefficient (Wildman–Crippen LogP) is 1.31. The Bertz CT molecular complexity index is 1270. The first kappa shape index (κ1) is 24.8. The number of rotatable bonds is 8. The summed E-state index contributed by atoms with van der Waals surface area (Å²) in [6.07, 6.45) is 1.49. The lowest BCUT2D eigenvalue weighted by Crippen LogP contribution is -2.42. The molecule has 10 nitrogen and oxygen atoms in total. The maximum atomic E-state index is 13.1. The number of carbonyl (C=O) groups is 1. The van der Waals surface area contributed by atoms with Crippen LogP contribution in [0.3, 0.4) is 0 Å². The van der Waals surface area contributed by atoms with Crippen molar-refractivity contribution in [2.75, 3.05) is 56.9 Å². The summed E-state index contributed by atoms with van der Waals surface area (Å²) in [4.78, 5) is 14.8. The third-order valence-corrected chi connectivity index (χ3v) is 8.31. The van der Waals surface area contributed by atoms with Gasteiger partial charge in [-0.3, -0.25) is 9.10 Å². The Labute approximate surface area is 194 Å². The summed E-state index contributed by atoms with van der Waals surface area (Å²) in [5.74, 6) is 0.326. The molecular weight excluding hydrogens is 470 g/mol. The van der Waals surface area contributed by atoms with Gasteiger partial charge in [0.05, 0.1) is 31.1 Å².